The number of hydrogen-bond donors (Lipinski definition) is 0. The third kappa shape index (κ3) is 13.5. The summed E-state index contributed by atoms with van der Waals surface area (Å²) >= 11 is 0. The number of rotatable bonds is 10. The maximum absolute atomic E-state index is 13.0. The third-order valence-electron chi connectivity index (χ3n) is 4.91. The zero-order valence-electron chi connectivity index (χ0n) is 26.0. The highest BCUT2D eigenvalue weighted by Gasteiger charge is 2.42. The molecule has 0 aliphatic heterocycles. The van der Waals surface area contributed by atoms with E-state index in [1.807, 2.05) is 55.4 Å². The van der Waals surface area contributed by atoms with Gasteiger partial charge in [-0.3, -0.25) is 14.9 Å². The van der Waals surface area contributed by atoms with Gasteiger partial charge in [0.25, 0.3) is 0 Å². The summed E-state index contributed by atoms with van der Waals surface area (Å²) in [5.41, 5.74) is -0.827. The lowest BCUT2D eigenvalue weighted by Crippen LogP contribution is -2.38. The van der Waals surface area contributed by atoms with Gasteiger partial charge in [0.1, 0.15) is 0 Å². The molecule has 0 saturated carbocycles. The second-order valence-corrected chi connectivity index (χ2v) is 6.91. The summed E-state index contributed by atoms with van der Waals surface area (Å²) in [5.74, 6) is -2.56. The summed E-state index contributed by atoms with van der Waals surface area (Å²) in [7, 11) is 2.77. The van der Waals surface area contributed by atoms with Crippen LogP contribution in [-0.4, -0.2) is 43.5 Å². The molecule has 0 heterocycles. The molecule has 2 rings (SSSR count). The van der Waals surface area contributed by atoms with Gasteiger partial charge < -0.3 is 14.2 Å². The Bertz CT molecular complexity index is 1010. The lowest BCUT2D eigenvalue weighted by atomic mass is 9.85. The van der Waals surface area contributed by atoms with Crippen LogP contribution in [0.5, 0.6) is 11.5 Å². The average Bonchev–Trinajstić information content (AvgIpc) is 3.00. The number of Topliss-reactive ketones (excluding diaryl/α,β-unsaturated/α-hetero) is 1. The normalized spacial score (nSPS) is 11.1. The Morgan fingerprint density at radius 2 is 1.34 bits per heavy atom. The summed E-state index contributed by atoms with van der Waals surface area (Å²) in [6, 6.07) is 5.78. The smallest absolute Gasteiger partial charge is 0.416 e. The van der Waals surface area contributed by atoms with E-state index in [1.54, 1.807) is 0 Å². The molecule has 0 bridgehead atoms. The highest BCUT2D eigenvalue weighted by Crippen LogP contribution is 2.34. The maximum Gasteiger partial charge on any atom is 0.416 e. The van der Waals surface area contributed by atoms with Crippen molar-refractivity contribution in [2.75, 3.05) is 20.8 Å². The van der Waals surface area contributed by atoms with Gasteiger partial charge in [0.2, 0.25) is 0 Å². The fraction of sp³-hybridized carbons (Fsp3) is 0.533. The van der Waals surface area contributed by atoms with E-state index in [0.717, 1.165) is 24.3 Å². The molecule has 0 radical (unpaired) electrons. The summed E-state index contributed by atoms with van der Waals surface area (Å²) in [4.78, 5) is 36.1. The highest BCUT2D eigenvalue weighted by molar-refractivity contribution is 5.97. The van der Waals surface area contributed by atoms with E-state index in [2.05, 4.69) is 0 Å². The molecule has 0 aromatic heterocycles. The summed E-state index contributed by atoms with van der Waals surface area (Å²) in [6.45, 7) is 17.3. The van der Waals surface area contributed by atoms with Crippen LogP contribution in [0.2, 0.25) is 0 Å². The number of halogens is 3. The number of hydrogen-bond acceptors (Lipinski definition) is 7. The van der Waals surface area contributed by atoms with E-state index in [4.69, 9.17) is 14.2 Å². The van der Waals surface area contributed by atoms with Crippen molar-refractivity contribution in [1.82, 2.24) is 0 Å². The van der Waals surface area contributed by atoms with Crippen molar-refractivity contribution >= 4 is 11.8 Å². The Hall–Kier alpha value is -3.63. The van der Waals surface area contributed by atoms with Gasteiger partial charge in [-0.25, -0.2) is 4.79 Å². The summed E-state index contributed by atoms with van der Waals surface area (Å²) in [5, 5.41) is 11.7. The molecule has 0 N–H and O–H groups in total. The highest BCUT2D eigenvalue weighted by atomic mass is 19.4. The molecular weight excluding hydrogens is 543 g/mol. The first-order chi connectivity index (χ1) is 19.5. The van der Waals surface area contributed by atoms with E-state index >= 15 is 0 Å². The number of benzene rings is 2. The van der Waals surface area contributed by atoms with Crippen LogP contribution in [0.4, 0.5) is 13.2 Å². The Balaban J connectivity index is -0.00000165. The van der Waals surface area contributed by atoms with Gasteiger partial charge in [-0.2, -0.15) is 13.2 Å². The maximum atomic E-state index is 13.0. The predicted octanol–water partition coefficient (Wildman–Crippen LogP) is 8.39. The fourth-order valence-corrected chi connectivity index (χ4v) is 3.28. The van der Waals surface area contributed by atoms with E-state index in [0.29, 0.717) is 5.75 Å². The van der Waals surface area contributed by atoms with Crippen molar-refractivity contribution in [3.8, 4) is 11.5 Å². The lowest BCUT2D eigenvalue weighted by Gasteiger charge is -2.20. The first-order valence-corrected chi connectivity index (χ1v) is 13.8. The van der Waals surface area contributed by atoms with Crippen LogP contribution >= 0.6 is 0 Å². The average molecular weight is 590 g/mol. The largest absolute Gasteiger partial charge is 0.493 e. The molecular formula is C30H46F3NO7. The standard InChI is InChI=1S/C22H22F3NO7.4C2H6/c1-4-33-21(28)20(26(29)30)16(13-5-8-15(9-6-13)22(23,24)25)12-17(27)14-7-10-18(31-2)19(11-14)32-3;4*1-2/h5-11,16,20H,4,12H2,1-3H3;4*1-2H3. The van der Waals surface area contributed by atoms with Crippen molar-refractivity contribution in [2.45, 2.75) is 86.9 Å². The topological polar surface area (TPSA) is 105 Å². The van der Waals surface area contributed by atoms with Gasteiger partial charge in [-0.1, -0.05) is 67.5 Å². The number of methoxy groups -OCH3 is 2. The van der Waals surface area contributed by atoms with Crippen molar-refractivity contribution in [1.29, 1.82) is 0 Å². The molecule has 0 spiro atoms. The van der Waals surface area contributed by atoms with Crippen LogP contribution in [0, 0.1) is 10.1 Å². The Labute approximate surface area is 242 Å². The summed E-state index contributed by atoms with van der Waals surface area (Å²) in [6.07, 6.45) is -5.15. The van der Waals surface area contributed by atoms with Gasteiger partial charge >= 0.3 is 18.2 Å². The molecule has 11 heteroatoms. The molecule has 8 nitrogen and oxygen atoms in total. The predicted molar refractivity (Wildman–Crippen MR) is 155 cm³/mol. The number of carbonyl (C=O) groups excluding carboxylic acids is 2. The van der Waals surface area contributed by atoms with E-state index in [1.165, 1.54) is 39.3 Å². The molecule has 0 fully saturated rings. The van der Waals surface area contributed by atoms with Crippen LogP contribution in [0.15, 0.2) is 42.5 Å². The van der Waals surface area contributed by atoms with Gasteiger partial charge in [0, 0.05) is 16.9 Å². The van der Waals surface area contributed by atoms with Crippen LogP contribution in [0.25, 0.3) is 0 Å². The number of nitrogens with zero attached hydrogens (tertiary/aromatic N) is 1. The number of ether oxygens (including phenoxy) is 3. The van der Waals surface area contributed by atoms with E-state index < -0.39 is 46.8 Å². The zero-order chi connectivity index (χ0) is 32.8. The molecule has 2 aromatic rings. The van der Waals surface area contributed by atoms with Crippen LogP contribution < -0.4 is 9.47 Å². The Morgan fingerprint density at radius 3 is 1.73 bits per heavy atom. The minimum atomic E-state index is -4.62. The van der Waals surface area contributed by atoms with Crippen molar-refractivity contribution in [2.24, 2.45) is 0 Å². The quantitative estimate of drug-likeness (QED) is 0.119. The second-order valence-electron chi connectivity index (χ2n) is 6.91. The minimum absolute atomic E-state index is 0.0200. The van der Waals surface area contributed by atoms with Crippen molar-refractivity contribution < 1.29 is 41.9 Å². The Kier molecular flexibility index (Phi) is 23.6. The van der Waals surface area contributed by atoms with Gasteiger partial charge in [0.05, 0.1) is 32.3 Å². The third-order valence-corrected chi connectivity index (χ3v) is 4.91. The van der Waals surface area contributed by atoms with Crippen molar-refractivity contribution in [3.63, 3.8) is 0 Å². The van der Waals surface area contributed by atoms with Crippen LogP contribution in [0.1, 0.15) is 96.1 Å². The SMILES string of the molecule is CC.CC.CC.CC.CCOC(=O)C(C(CC(=O)c1ccc(OC)c(OC)c1)c1ccc(C(F)(F)F)cc1)[N+](=O)[O-]. The lowest BCUT2D eigenvalue weighted by molar-refractivity contribution is -0.514. The molecule has 234 valence electrons. The Morgan fingerprint density at radius 1 is 0.854 bits per heavy atom. The number of carbonyl (C=O) groups is 2. The second kappa shape index (κ2) is 23.1. The van der Waals surface area contributed by atoms with Gasteiger partial charge in [-0.05, 0) is 42.8 Å². The van der Waals surface area contributed by atoms with E-state index in [9.17, 15) is 32.9 Å². The molecule has 0 saturated heterocycles. The van der Waals surface area contributed by atoms with Crippen molar-refractivity contribution in [3.05, 3.63) is 69.3 Å². The molecule has 0 aliphatic rings. The van der Waals surface area contributed by atoms with Gasteiger partial charge in [-0.15, -0.1) is 0 Å². The monoisotopic (exact) mass is 589 g/mol. The fourth-order valence-electron chi connectivity index (χ4n) is 3.28. The first-order valence-electron chi connectivity index (χ1n) is 13.8. The number of nitro groups is 1. The van der Waals surface area contributed by atoms with Crippen LogP contribution in [-0.2, 0) is 15.7 Å². The molecule has 2 unspecified atom stereocenters. The van der Waals surface area contributed by atoms with E-state index in [-0.39, 0.29) is 23.5 Å². The number of esters is 1. The number of alkyl halides is 3. The minimum Gasteiger partial charge on any atom is -0.493 e. The summed E-state index contributed by atoms with van der Waals surface area (Å²) < 4.78 is 53.9. The molecule has 2 atom stereocenters. The molecule has 41 heavy (non-hydrogen) atoms. The molecule has 0 amide bonds. The van der Waals surface area contributed by atoms with Gasteiger partial charge in [0.15, 0.2) is 17.3 Å². The molecule has 2 aromatic carbocycles. The number of ketones is 1. The molecule has 0 aliphatic carbocycles. The first kappa shape index (κ1) is 41.8. The van der Waals surface area contributed by atoms with Crippen LogP contribution in [0.3, 0.4) is 0 Å². The zero-order valence-corrected chi connectivity index (χ0v) is 26.0.